The van der Waals surface area contributed by atoms with Crippen molar-refractivity contribution in [3.8, 4) is 0 Å². The molecule has 6 nitrogen and oxygen atoms in total. The third kappa shape index (κ3) is 3.62. The van der Waals surface area contributed by atoms with Gasteiger partial charge in [0.1, 0.15) is 0 Å². The maximum absolute atomic E-state index is 12.1. The Labute approximate surface area is 109 Å². The number of rotatable bonds is 7. The average Bonchev–Trinajstić information content (AvgIpc) is 2.38. The van der Waals surface area contributed by atoms with Gasteiger partial charge in [-0.1, -0.05) is 30.3 Å². The van der Waals surface area contributed by atoms with Crippen molar-refractivity contribution in [3.05, 3.63) is 35.9 Å². The van der Waals surface area contributed by atoms with E-state index >= 15 is 0 Å². The zero-order valence-corrected chi connectivity index (χ0v) is 10.2. The molecule has 0 aliphatic carbocycles. The van der Waals surface area contributed by atoms with Crippen molar-refractivity contribution in [2.75, 3.05) is 0 Å². The van der Waals surface area contributed by atoms with E-state index in [2.05, 4.69) is 0 Å². The topological polar surface area (TPSA) is 118 Å². The highest BCUT2D eigenvalue weighted by Gasteiger charge is 2.42. The summed E-state index contributed by atoms with van der Waals surface area (Å²) >= 11 is 0. The molecule has 1 atom stereocenters. The first kappa shape index (κ1) is 14.8. The fourth-order valence-electron chi connectivity index (χ4n) is 1.68. The summed E-state index contributed by atoms with van der Waals surface area (Å²) in [4.78, 5) is 33.8. The Hall–Kier alpha value is -2.21. The summed E-state index contributed by atoms with van der Waals surface area (Å²) in [6.45, 7) is 0. The summed E-state index contributed by atoms with van der Waals surface area (Å²) in [5, 5.41) is 17.7. The van der Waals surface area contributed by atoms with Gasteiger partial charge in [0.05, 0.1) is 0 Å². The summed E-state index contributed by atoms with van der Waals surface area (Å²) in [5.41, 5.74) is 3.77. The normalized spacial score (nSPS) is 13.5. The molecule has 0 radical (unpaired) electrons. The number of Topliss-reactive ketones (excluding diaryl/α,β-unsaturated/α-hetero) is 1. The lowest BCUT2D eigenvalue weighted by Gasteiger charge is -2.22. The predicted octanol–water partition coefficient (Wildman–Crippen LogP) is 0.906. The first-order chi connectivity index (χ1) is 8.88. The summed E-state index contributed by atoms with van der Waals surface area (Å²) in [6, 6.07) is 7.85. The predicted molar refractivity (Wildman–Crippen MR) is 66.8 cm³/mol. The molecule has 0 amide bonds. The lowest BCUT2D eigenvalue weighted by atomic mass is 9.85. The molecule has 1 aromatic rings. The van der Waals surface area contributed by atoms with Crippen LogP contribution in [-0.2, 0) is 9.59 Å². The van der Waals surface area contributed by atoms with Crippen LogP contribution in [0.3, 0.4) is 0 Å². The number of hydrogen-bond acceptors (Lipinski definition) is 4. The van der Waals surface area contributed by atoms with Gasteiger partial charge in [-0.15, -0.1) is 0 Å². The largest absolute Gasteiger partial charge is 0.481 e. The van der Waals surface area contributed by atoms with E-state index in [0.29, 0.717) is 0 Å². The standard InChI is InChI=1S/C13H15NO5/c14-13(12(18)19,8-4-7-10(15)16)11(17)9-5-2-1-3-6-9/h1-3,5-6H,4,7-8,14H2,(H,15,16)(H,18,19). The Morgan fingerprint density at radius 3 is 2.16 bits per heavy atom. The van der Waals surface area contributed by atoms with Gasteiger partial charge in [0.25, 0.3) is 0 Å². The minimum atomic E-state index is -2.09. The molecule has 0 fully saturated rings. The molecule has 0 saturated heterocycles. The maximum atomic E-state index is 12.1. The molecule has 102 valence electrons. The smallest absolute Gasteiger partial charge is 0.331 e. The van der Waals surface area contributed by atoms with Crippen molar-refractivity contribution in [1.29, 1.82) is 0 Å². The Morgan fingerprint density at radius 1 is 1.11 bits per heavy atom. The van der Waals surface area contributed by atoms with Gasteiger partial charge in [-0.05, 0) is 12.8 Å². The average molecular weight is 265 g/mol. The number of carboxylic acid groups (broad SMARTS) is 2. The lowest BCUT2D eigenvalue weighted by Crippen LogP contribution is -2.55. The molecule has 6 heteroatoms. The minimum Gasteiger partial charge on any atom is -0.481 e. The second-order valence-corrected chi connectivity index (χ2v) is 4.22. The maximum Gasteiger partial charge on any atom is 0.331 e. The van der Waals surface area contributed by atoms with Crippen molar-refractivity contribution in [1.82, 2.24) is 0 Å². The summed E-state index contributed by atoms with van der Waals surface area (Å²) in [5.74, 6) is -3.22. The number of nitrogens with two attached hydrogens (primary N) is 1. The molecule has 0 aliphatic rings. The van der Waals surface area contributed by atoms with Crippen LogP contribution >= 0.6 is 0 Å². The molecular formula is C13H15NO5. The van der Waals surface area contributed by atoms with Crippen molar-refractivity contribution < 1.29 is 24.6 Å². The van der Waals surface area contributed by atoms with E-state index in [1.54, 1.807) is 18.2 Å². The quantitative estimate of drug-likeness (QED) is 0.498. The van der Waals surface area contributed by atoms with Gasteiger partial charge in [-0.25, -0.2) is 4.79 Å². The van der Waals surface area contributed by atoms with Gasteiger partial charge in [0.2, 0.25) is 0 Å². The van der Waals surface area contributed by atoms with Crippen LogP contribution in [0.2, 0.25) is 0 Å². The molecule has 0 heterocycles. The number of benzene rings is 1. The molecule has 1 rings (SSSR count). The Bertz CT molecular complexity index is 485. The Kier molecular flexibility index (Phi) is 4.77. The van der Waals surface area contributed by atoms with Crippen LogP contribution < -0.4 is 5.73 Å². The van der Waals surface area contributed by atoms with Crippen LogP contribution in [0, 0.1) is 0 Å². The highest BCUT2D eigenvalue weighted by molar-refractivity contribution is 6.15. The molecule has 0 spiro atoms. The van der Waals surface area contributed by atoms with Gasteiger partial charge in [-0.2, -0.15) is 0 Å². The highest BCUT2D eigenvalue weighted by Crippen LogP contribution is 2.18. The van der Waals surface area contributed by atoms with Crippen molar-refractivity contribution >= 4 is 17.7 Å². The number of carbonyl (C=O) groups excluding carboxylic acids is 1. The first-order valence-electron chi connectivity index (χ1n) is 5.72. The number of carboxylic acids is 2. The monoisotopic (exact) mass is 265 g/mol. The Morgan fingerprint density at radius 2 is 1.68 bits per heavy atom. The van der Waals surface area contributed by atoms with Crippen LogP contribution in [0.5, 0.6) is 0 Å². The van der Waals surface area contributed by atoms with Crippen LogP contribution in [0.4, 0.5) is 0 Å². The van der Waals surface area contributed by atoms with Crippen LogP contribution in [0.25, 0.3) is 0 Å². The van der Waals surface area contributed by atoms with E-state index in [0.717, 1.165) is 0 Å². The lowest BCUT2D eigenvalue weighted by molar-refractivity contribution is -0.142. The van der Waals surface area contributed by atoms with Crippen LogP contribution in [0.15, 0.2) is 30.3 Å². The second kappa shape index (κ2) is 6.10. The van der Waals surface area contributed by atoms with E-state index in [9.17, 15) is 14.4 Å². The number of ketones is 1. The zero-order chi connectivity index (χ0) is 14.5. The second-order valence-electron chi connectivity index (χ2n) is 4.22. The van der Waals surface area contributed by atoms with Crippen LogP contribution in [0.1, 0.15) is 29.6 Å². The number of carbonyl (C=O) groups is 3. The van der Waals surface area contributed by atoms with E-state index in [4.69, 9.17) is 15.9 Å². The van der Waals surface area contributed by atoms with E-state index in [1.165, 1.54) is 12.1 Å². The van der Waals surface area contributed by atoms with Gasteiger partial charge in [0, 0.05) is 12.0 Å². The van der Waals surface area contributed by atoms with Gasteiger partial charge < -0.3 is 15.9 Å². The molecule has 0 aliphatic heterocycles. The third-order valence-electron chi connectivity index (χ3n) is 2.78. The van der Waals surface area contributed by atoms with Gasteiger partial charge in [0.15, 0.2) is 11.3 Å². The van der Waals surface area contributed by atoms with Crippen molar-refractivity contribution in [3.63, 3.8) is 0 Å². The fraction of sp³-hybridized carbons (Fsp3) is 0.308. The van der Waals surface area contributed by atoms with Crippen molar-refractivity contribution in [2.45, 2.75) is 24.8 Å². The third-order valence-corrected chi connectivity index (χ3v) is 2.78. The van der Waals surface area contributed by atoms with Gasteiger partial charge in [-0.3, -0.25) is 9.59 Å². The minimum absolute atomic E-state index is 0.0245. The molecule has 4 N–H and O–H groups in total. The Balaban J connectivity index is 2.90. The summed E-state index contributed by atoms with van der Waals surface area (Å²) < 4.78 is 0. The molecule has 1 unspecified atom stereocenters. The molecule has 0 aromatic heterocycles. The SMILES string of the molecule is NC(CCCC(=O)O)(C(=O)O)C(=O)c1ccccc1. The molecule has 0 saturated carbocycles. The van der Waals surface area contributed by atoms with E-state index in [1.807, 2.05) is 0 Å². The van der Waals surface area contributed by atoms with E-state index < -0.39 is 23.3 Å². The summed E-state index contributed by atoms with van der Waals surface area (Å²) in [6.07, 6.45) is -0.423. The van der Waals surface area contributed by atoms with Gasteiger partial charge >= 0.3 is 11.9 Å². The fourth-order valence-corrected chi connectivity index (χ4v) is 1.68. The molecular weight excluding hydrogens is 250 g/mol. The first-order valence-corrected chi connectivity index (χ1v) is 5.72. The molecule has 0 bridgehead atoms. The number of hydrogen-bond donors (Lipinski definition) is 3. The molecule has 1 aromatic carbocycles. The van der Waals surface area contributed by atoms with Crippen molar-refractivity contribution in [2.24, 2.45) is 5.73 Å². The number of aliphatic carboxylic acids is 2. The highest BCUT2D eigenvalue weighted by atomic mass is 16.4. The summed E-state index contributed by atoms with van der Waals surface area (Å²) in [7, 11) is 0. The van der Waals surface area contributed by atoms with E-state index in [-0.39, 0.29) is 24.8 Å². The van der Waals surface area contributed by atoms with Crippen LogP contribution in [-0.4, -0.2) is 33.5 Å². The molecule has 19 heavy (non-hydrogen) atoms. The zero-order valence-electron chi connectivity index (χ0n) is 10.2.